The second-order valence-corrected chi connectivity index (χ2v) is 7.02. The maximum Gasteiger partial charge on any atom is 0.225 e. The van der Waals surface area contributed by atoms with E-state index in [1.807, 2.05) is 12.1 Å². The molecular weight excluding hydrogens is 318 g/mol. The molecule has 0 radical (unpaired) electrons. The number of carbonyl (C=O) groups is 1. The van der Waals surface area contributed by atoms with Gasteiger partial charge < -0.3 is 10.6 Å². The zero-order chi connectivity index (χ0) is 16.9. The third kappa shape index (κ3) is 3.50. The van der Waals surface area contributed by atoms with Crippen LogP contribution in [0.15, 0.2) is 24.3 Å². The molecule has 0 saturated heterocycles. The number of hydrogen-bond donors (Lipinski definition) is 2. The number of hydrogen-bond acceptors (Lipinski definition) is 4. The number of anilines is 1. The maximum atomic E-state index is 12.3. The lowest BCUT2D eigenvalue weighted by atomic mass is 10.0. The molecule has 0 fully saturated rings. The molecule has 0 unspecified atom stereocenters. The lowest BCUT2D eigenvalue weighted by Crippen LogP contribution is -2.22. The van der Waals surface area contributed by atoms with Gasteiger partial charge >= 0.3 is 0 Å². The molecule has 2 heterocycles. The normalized spacial score (nSPS) is 13.2. The van der Waals surface area contributed by atoms with Crippen LogP contribution in [0.25, 0.3) is 0 Å². The molecule has 1 aromatic carbocycles. The van der Waals surface area contributed by atoms with Crippen LogP contribution in [0.3, 0.4) is 0 Å². The van der Waals surface area contributed by atoms with Crippen LogP contribution < -0.4 is 10.6 Å². The molecule has 2 aromatic rings. The van der Waals surface area contributed by atoms with Gasteiger partial charge in [-0.2, -0.15) is 5.26 Å². The molecule has 24 heavy (non-hydrogen) atoms. The number of amides is 1. The average Bonchev–Trinajstić information content (AvgIpc) is 2.97. The Balaban J connectivity index is 1.67. The molecule has 0 aliphatic carbocycles. The average molecular weight is 339 g/mol. The van der Waals surface area contributed by atoms with Crippen LogP contribution in [0.2, 0.25) is 0 Å². The zero-order valence-electron chi connectivity index (χ0n) is 13.8. The SMILES string of the molecule is CCc1ccccc1CCC(=O)Nc1sc2c(c1C#N)CCNC2. The van der Waals surface area contributed by atoms with Crippen molar-refractivity contribution in [2.45, 2.75) is 39.2 Å². The molecule has 1 aromatic heterocycles. The molecule has 4 nitrogen and oxygen atoms in total. The molecule has 0 saturated carbocycles. The fourth-order valence-electron chi connectivity index (χ4n) is 3.12. The predicted molar refractivity (Wildman–Crippen MR) is 97.2 cm³/mol. The van der Waals surface area contributed by atoms with Crippen molar-refractivity contribution in [1.29, 1.82) is 5.26 Å². The van der Waals surface area contributed by atoms with Gasteiger partial charge in [0.2, 0.25) is 5.91 Å². The Hall–Kier alpha value is -2.16. The Kier molecular flexibility index (Phi) is 5.29. The molecule has 2 N–H and O–H groups in total. The molecule has 1 aliphatic heterocycles. The van der Waals surface area contributed by atoms with E-state index in [0.29, 0.717) is 17.0 Å². The van der Waals surface area contributed by atoms with Crippen molar-refractivity contribution in [3.8, 4) is 6.07 Å². The number of rotatable bonds is 5. The van der Waals surface area contributed by atoms with Gasteiger partial charge in [-0.05, 0) is 42.5 Å². The van der Waals surface area contributed by atoms with Crippen LogP contribution >= 0.6 is 11.3 Å². The molecule has 124 valence electrons. The van der Waals surface area contributed by atoms with Crippen molar-refractivity contribution in [3.05, 3.63) is 51.4 Å². The van der Waals surface area contributed by atoms with Crippen LogP contribution in [0.4, 0.5) is 5.00 Å². The first-order chi connectivity index (χ1) is 11.7. The van der Waals surface area contributed by atoms with Gasteiger partial charge in [-0.1, -0.05) is 31.2 Å². The molecule has 1 aliphatic rings. The van der Waals surface area contributed by atoms with Gasteiger partial charge in [-0.3, -0.25) is 4.79 Å². The van der Waals surface area contributed by atoms with Crippen molar-refractivity contribution < 1.29 is 4.79 Å². The van der Waals surface area contributed by atoms with Crippen LogP contribution in [-0.2, 0) is 30.6 Å². The topological polar surface area (TPSA) is 64.9 Å². The first-order valence-corrected chi connectivity index (χ1v) is 9.16. The highest BCUT2D eigenvalue weighted by atomic mass is 32.1. The first-order valence-electron chi connectivity index (χ1n) is 8.35. The number of fused-ring (bicyclic) bond motifs is 1. The van der Waals surface area contributed by atoms with Crippen LogP contribution in [-0.4, -0.2) is 12.5 Å². The Morgan fingerprint density at radius 3 is 2.92 bits per heavy atom. The Bertz CT molecular complexity index is 788. The van der Waals surface area contributed by atoms with E-state index in [2.05, 4.69) is 35.8 Å². The summed E-state index contributed by atoms with van der Waals surface area (Å²) in [6.45, 7) is 3.80. The van der Waals surface area contributed by atoms with Crippen molar-refractivity contribution in [2.75, 3.05) is 11.9 Å². The van der Waals surface area contributed by atoms with E-state index < -0.39 is 0 Å². The van der Waals surface area contributed by atoms with Crippen LogP contribution in [0, 0.1) is 11.3 Å². The van der Waals surface area contributed by atoms with Gasteiger partial charge in [-0.25, -0.2) is 0 Å². The quantitative estimate of drug-likeness (QED) is 0.877. The van der Waals surface area contributed by atoms with E-state index in [-0.39, 0.29) is 5.91 Å². The minimum Gasteiger partial charge on any atom is -0.317 e. The minimum absolute atomic E-state index is 0.0241. The van der Waals surface area contributed by atoms with Crippen molar-refractivity contribution in [1.82, 2.24) is 5.32 Å². The highest BCUT2D eigenvalue weighted by molar-refractivity contribution is 7.16. The predicted octanol–water partition coefficient (Wildman–Crippen LogP) is 3.40. The second kappa shape index (κ2) is 7.61. The van der Waals surface area contributed by atoms with E-state index >= 15 is 0 Å². The van der Waals surface area contributed by atoms with Gasteiger partial charge in [0, 0.05) is 17.8 Å². The third-order valence-corrected chi connectivity index (χ3v) is 5.56. The number of aryl methyl sites for hydroxylation is 2. The van der Waals surface area contributed by atoms with Gasteiger partial charge in [0.1, 0.15) is 11.1 Å². The second-order valence-electron chi connectivity index (χ2n) is 5.92. The summed E-state index contributed by atoms with van der Waals surface area (Å²) in [5, 5.41) is 16.4. The molecule has 0 bridgehead atoms. The van der Waals surface area contributed by atoms with Gasteiger partial charge in [-0.15, -0.1) is 11.3 Å². The third-order valence-electron chi connectivity index (χ3n) is 4.41. The number of nitrogens with one attached hydrogen (secondary N) is 2. The fraction of sp³-hybridized carbons (Fsp3) is 0.368. The molecule has 0 atom stereocenters. The Labute approximate surface area is 146 Å². The van der Waals surface area contributed by atoms with Crippen molar-refractivity contribution >= 4 is 22.2 Å². The molecular formula is C19H21N3OS. The van der Waals surface area contributed by atoms with Crippen LogP contribution in [0.5, 0.6) is 0 Å². The van der Waals surface area contributed by atoms with Gasteiger partial charge in [0.15, 0.2) is 0 Å². The number of nitriles is 1. The van der Waals surface area contributed by atoms with E-state index in [1.54, 1.807) is 0 Å². The zero-order valence-corrected chi connectivity index (χ0v) is 14.6. The minimum atomic E-state index is -0.0241. The standard InChI is InChI=1S/C19H21N3OS/c1-2-13-5-3-4-6-14(13)7-8-18(23)22-19-16(11-20)15-9-10-21-12-17(15)24-19/h3-6,21H,2,7-10,12H2,1H3,(H,22,23). The largest absolute Gasteiger partial charge is 0.317 e. The van der Waals surface area contributed by atoms with E-state index in [9.17, 15) is 10.1 Å². The Morgan fingerprint density at radius 1 is 1.38 bits per heavy atom. The number of carbonyl (C=O) groups excluding carboxylic acids is 1. The lowest BCUT2D eigenvalue weighted by Gasteiger charge is -2.11. The summed E-state index contributed by atoms with van der Waals surface area (Å²) >= 11 is 1.53. The number of benzene rings is 1. The smallest absolute Gasteiger partial charge is 0.225 e. The van der Waals surface area contributed by atoms with Crippen molar-refractivity contribution in [2.24, 2.45) is 0 Å². The van der Waals surface area contributed by atoms with Crippen LogP contribution in [0.1, 0.15) is 40.5 Å². The maximum absolute atomic E-state index is 12.3. The summed E-state index contributed by atoms with van der Waals surface area (Å²) in [5.74, 6) is -0.0241. The van der Waals surface area contributed by atoms with Gasteiger partial charge in [0.05, 0.1) is 5.56 Å². The number of thiophene rings is 1. The fourth-order valence-corrected chi connectivity index (χ4v) is 4.31. The number of nitrogens with zero attached hydrogens (tertiary/aromatic N) is 1. The highest BCUT2D eigenvalue weighted by Gasteiger charge is 2.21. The Morgan fingerprint density at radius 2 is 2.17 bits per heavy atom. The summed E-state index contributed by atoms with van der Waals surface area (Å²) in [7, 11) is 0. The summed E-state index contributed by atoms with van der Waals surface area (Å²) in [4.78, 5) is 13.5. The summed E-state index contributed by atoms with van der Waals surface area (Å²) in [6, 6.07) is 10.5. The van der Waals surface area contributed by atoms with E-state index in [0.717, 1.165) is 37.9 Å². The van der Waals surface area contributed by atoms with E-state index in [4.69, 9.17) is 0 Å². The summed E-state index contributed by atoms with van der Waals surface area (Å²) in [5.41, 5.74) is 4.28. The first kappa shape index (κ1) is 16.7. The van der Waals surface area contributed by atoms with Crippen molar-refractivity contribution in [3.63, 3.8) is 0 Å². The molecule has 3 rings (SSSR count). The summed E-state index contributed by atoms with van der Waals surface area (Å²) < 4.78 is 0. The highest BCUT2D eigenvalue weighted by Crippen LogP contribution is 2.34. The summed E-state index contributed by atoms with van der Waals surface area (Å²) in [6.07, 6.45) is 2.99. The molecule has 5 heteroatoms. The molecule has 0 spiro atoms. The van der Waals surface area contributed by atoms with E-state index in [1.165, 1.54) is 27.3 Å². The monoisotopic (exact) mass is 339 g/mol. The molecule has 1 amide bonds. The lowest BCUT2D eigenvalue weighted by molar-refractivity contribution is -0.116. The van der Waals surface area contributed by atoms with Gasteiger partial charge in [0.25, 0.3) is 0 Å².